The van der Waals surface area contributed by atoms with Crippen molar-refractivity contribution in [3.05, 3.63) is 40.3 Å². The molecule has 17 heavy (non-hydrogen) atoms. The number of ether oxygens (including phenoxy) is 1. The van der Waals surface area contributed by atoms with Crippen molar-refractivity contribution in [1.29, 1.82) is 0 Å². The van der Waals surface area contributed by atoms with Gasteiger partial charge in [0.2, 0.25) is 0 Å². The van der Waals surface area contributed by atoms with E-state index in [1.165, 1.54) is 18.2 Å². The number of hydrogen-bond donors (Lipinski definition) is 0. The predicted molar refractivity (Wildman–Crippen MR) is 60.2 cm³/mol. The van der Waals surface area contributed by atoms with Crippen LogP contribution in [-0.2, 0) is 0 Å². The maximum atomic E-state index is 12.1. The first kappa shape index (κ1) is 17.8. The largest absolute Gasteiger partial charge is 1.00 e. The van der Waals surface area contributed by atoms with E-state index in [-0.39, 0.29) is 57.1 Å². The molecular weight excluding hydrogens is 302 g/mol. The van der Waals surface area contributed by atoms with Crippen molar-refractivity contribution in [2.75, 3.05) is 6.61 Å². The quantitative estimate of drug-likeness (QED) is 0.762. The van der Waals surface area contributed by atoms with Gasteiger partial charge in [0.05, 0.1) is 6.61 Å². The molecule has 0 unspecified atom stereocenters. The standard InChI is InChI=1S/C9H7BCl2F3O.K/c1-6(10(13,14)15)5-16-9-3-7(11)2-8(12)4-9;/h2-4H,1,5H2;/q-1;+1. The third-order valence-corrected chi connectivity index (χ3v) is 2.16. The summed E-state index contributed by atoms with van der Waals surface area (Å²) in [7, 11) is 0. The molecule has 1 aromatic rings. The number of halogens is 5. The van der Waals surface area contributed by atoms with Crippen molar-refractivity contribution in [3.63, 3.8) is 0 Å². The second-order valence-corrected chi connectivity index (χ2v) is 4.00. The molecule has 0 amide bonds. The van der Waals surface area contributed by atoms with Gasteiger partial charge in [0.15, 0.2) is 0 Å². The van der Waals surface area contributed by atoms with Gasteiger partial charge in [0.25, 0.3) is 0 Å². The fraction of sp³-hybridized carbons (Fsp3) is 0.111. The molecule has 0 aromatic heterocycles. The van der Waals surface area contributed by atoms with E-state index in [1.54, 1.807) is 0 Å². The van der Waals surface area contributed by atoms with Crippen LogP contribution in [0.4, 0.5) is 12.9 Å². The van der Waals surface area contributed by atoms with Crippen LogP contribution >= 0.6 is 23.2 Å². The summed E-state index contributed by atoms with van der Waals surface area (Å²) in [6.07, 6.45) is 0. The molecule has 0 spiro atoms. The Morgan fingerprint density at radius 1 is 1.18 bits per heavy atom. The molecule has 0 saturated carbocycles. The Morgan fingerprint density at radius 2 is 1.65 bits per heavy atom. The van der Waals surface area contributed by atoms with Crippen LogP contribution in [0.2, 0.25) is 10.0 Å². The van der Waals surface area contributed by atoms with Crippen LogP contribution in [0.25, 0.3) is 0 Å². The van der Waals surface area contributed by atoms with E-state index in [1.807, 2.05) is 0 Å². The van der Waals surface area contributed by atoms with E-state index in [0.717, 1.165) is 0 Å². The van der Waals surface area contributed by atoms with Gasteiger partial charge >= 0.3 is 58.4 Å². The number of benzene rings is 1. The van der Waals surface area contributed by atoms with Crippen LogP contribution in [0.1, 0.15) is 0 Å². The molecule has 8 heteroatoms. The molecule has 0 saturated heterocycles. The van der Waals surface area contributed by atoms with Crippen LogP contribution in [0.5, 0.6) is 5.75 Å². The van der Waals surface area contributed by atoms with Gasteiger partial charge in [-0.3, -0.25) is 0 Å². The Balaban J connectivity index is 0.00000256. The van der Waals surface area contributed by atoms with Gasteiger partial charge in [-0.25, -0.2) is 0 Å². The van der Waals surface area contributed by atoms with E-state index in [0.29, 0.717) is 10.0 Å². The maximum absolute atomic E-state index is 12.1. The van der Waals surface area contributed by atoms with Gasteiger partial charge in [-0.1, -0.05) is 23.2 Å². The van der Waals surface area contributed by atoms with Gasteiger partial charge in [0, 0.05) is 10.0 Å². The monoisotopic (exact) mass is 308 g/mol. The van der Waals surface area contributed by atoms with Gasteiger partial charge in [0.1, 0.15) is 5.75 Å². The Bertz CT molecular complexity index is 391. The molecule has 0 fully saturated rings. The fourth-order valence-corrected chi connectivity index (χ4v) is 1.39. The van der Waals surface area contributed by atoms with E-state index in [4.69, 9.17) is 27.9 Å². The van der Waals surface area contributed by atoms with Crippen LogP contribution < -0.4 is 56.1 Å². The van der Waals surface area contributed by atoms with Crippen LogP contribution in [0.3, 0.4) is 0 Å². The normalized spacial score (nSPS) is 10.6. The first-order valence-corrected chi connectivity index (χ1v) is 5.01. The smallest absolute Gasteiger partial charge is 0.492 e. The molecule has 1 rings (SSSR count). The molecule has 0 heterocycles. The molecule has 88 valence electrons. The Kier molecular flexibility index (Phi) is 7.79. The second kappa shape index (κ2) is 7.43. The van der Waals surface area contributed by atoms with E-state index in [2.05, 4.69) is 6.58 Å². The molecule has 0 atom stereocenters. The molecule has 0 aliphatic rings. The van der Waals surface area contributed by atoms with Gasteiger partial charge in [-0.2, -0.15) is 0 Å². The number of hydrogen-bond acceptors (Lipinski definition) is 1. The average molecular weight is 309 g/mol. The minimum Gasteiger partial charge on any atom is -0.492 e. The van der Waals surface area contributed by atoms with Gasteiger partial charge < -0.3 is 17.7 Å². The van der Waals surface area contributed by atoms with Crippen molar-refractivity contribution < 1.29 is 69.1 Å². The summed E-state index contributed by atoms with van der Waals surface area (Å²) in [5.74, 6) is 0.179. The minimum atomic E-state index is -5.07. The summed E-state index contributed by atoms with van der Waals surface area (Å²) in [5.41, 5.74) is -0.906. The Hall–Kier alpha value is 0.831. The third-order valence-electron chi connectivity index (χ3n) is 1.72. The molecule has 0 N–H and O–H groups in total. The molecule has 0 aliphatic carbocycles. The first-order valence-electron chi connectivity index (χ1n) is 4.25. The third kappa shape index (κ3) is 6.52. The zero-order valence-corrected chi connectivity index (χ0v) is 13.7. The molecule has 0 radical (unpaired) electrons. The van der Waals surface area contributed by atoms with Crippen LogP contribution in [-0.4, -0.2) is 13.6 Å². The summed E-state index contributed by atoms with van der Waals surface area (Å²) in [6, 6.07) is 4.21. The second-order valence-electron chi connectivity index (χ2n) is 3.13. The summed E-state index contributed by atoms with van der Waals surface area (Å²) in [4.78, 5) is 0. The summed E-state index contributed by atoms with van der Waals surface area (Å²) in [5, 5.41) is 0.594. The van der Waals surface area contributed by atoms with E-state index < -0.39 is 19.1 Å². The summed E-state index contributed by atoms with van der Waals surface area (Å²) < 4.78 is 41.3. The SMILES string of the molecule is C=C(COc1cc(Cl)cc(Cl)c1)[B-](F)(F)F.[K+]. The molecule has 0 bridgehead atoms. The predicted octanol–water partition coefficient (Wildman–Crippen LogP) is 1.32. The van der Waals surface area contributed by atoms with Crippen molar-refractivity contribution in [3.8, 4) is 5.75 Å². The zero-order valence-electron chi connectivity index (χ0n) is 9.02. The molecular formula is C9H7BCl2F3KO. The molecule has 1 aromatic carbocycles. The maximum Gasteiger partial charge on any atom is 1.00 e. The first-order chi connectivity index (χ1) is 7.29. The topological polar surface area (TPSA) is 9.23 Å². The minimum absolute atomic E-state index is 0. The van der Waals surface area contributed by atoms with Gasteiger partial charge in [-0.05, 0) is 18.2 Å². The van der Waals surface area contributed by atoms with Crippen molar-refractivity contribution in [2.24, 2.45) is 0 Å². The van der Waals surface area contributed by atoms with Crippen LogP contribution in [0, 0.1) is 0 Å². The Morgan fingerprint density at radius 3 is 2.06 bits per heavy atom. The summed E-state index contributed by atoms with van der Waals surface area (Å²) in [6.45, 7) is -2.80. The fourth-order valence-electron chi connectivity index (χ4n) is 0.882. The number of rotatable bonds is 4. The van der Waals surface area contributed by atoms with Gasteiger partial charge in [-0.15, -0.1) is 12.1 Å². The molecule has 0 aliphatic heterocycles. The Labute approximate surface area is 150 Å². The van der Waals surface area contributed by atoms with Crippen molar-refractivity contribution >= 4 is 30.2 Å². The van der Waals surface area contributed by atoms with Crippen molar-refractivity contribution in [2.45, 2.75) is 0 Å². The van der Waals surface area contributed by atoms with Crippen molar-refractivity contribution in [1.82, 2.24) is 0 Å². The summed E-state index contributed by atoms with van der Waals surface area (Å²) >= 11 is 11.3. The van der Waals surface area contributed by atoms with E-state index in [9.17, 15) is 12.9 Å². The van der Waals surface area contributed by atoms with Crippen LogP contribution in [0.15, 0.2) is 30.3 Å². The zero-order chi connectivity index (χ0) is 12.3. The molecule has 1 nitrogen and oxygen atoms in total. The van der Waals surface area contributed by atoms with E-state index >= 15 is 0 Å². The average Bonchev–Trinajstić information content (AvgIpc) is 2.11.